The van der Waals surface area contributed by atoms with Crippen LogP contribution in [0.2, 0.25) is 0 Å². The fraction of sp³-hybridized carbons (Fsp3) is 0.800. The maximum atomic E-state index is 12.3. The fourth-order valence-corrected chi connectivity index (χ4v) is 4.92. The molecule has 0 aromatic heterocycles. The third-order valence-electron chi connectivity index (χ3n) is 5.66. The third-order valence-corrected chi connectivity index (χ3v) is 5.66. The smallest absolute Gasteiger partial charge is 0.162 e. The average molecular weight is 218 g/mol. The Bertz CT molecular complexity index is 379. The molecule has 3 rings (SSSR count). The average Bonchev–Trinajstić information content (AvgIpc) is 2.82. The molecule has 0 heterocycles. The van der Waals surface area contributed by atoms with E-state index in [1.54, 1.807) is 0 Å². The predicted molar refractivity (Wildman–Crippen MR) is 64.9 cm³/mol. The summed E-state index contributed by atoms with van der Waals surface area (Å²) in [7, 11) is 0. The minimum Gasteiger partial charge on any atom is -0.294 e. The number of fused-ring (bicyclic) bond motifs is 1. The van der Waals surface area contributed by atoms with E-state index in [1.165, 1.54) is 18.4 Å². The van der Waals surface area contributed by atoms with Crippen LogP contribution < -0.4 is 0 Å². The molecule has 1 nitrogen and oxygen atoms in total. The van der Waals surface area contributed by atoms with E-state index in [1.807, 2.05) is 6.08 Å². The van der Waals surface area contributed by atoms with Crippen LogP contribution in [0.3, 0.4) is 0 Å². The summed E-state index contributed by atoms with van der Waals surface area (Å²) in [6.07, 6.45) is 4.52. The first kappa shape index (κ1) is 10.6. The molecule has 3 aliphatic carbocycles. The highest BCUT2D eigenvalue weighted by molar-refractivity contribution is 6.03. The number of rotatable bonds is 1. The van der Waals surface area contributed by atoms with Crippen molar-refractivity contribution in [1.82, 2.24) is 0 Å². The molecule has 0 aromatic carbocycles. The van der Waals surface area contributed by atoms with E-state index in [0.29, 0.717) is 23.5 Å². The second kappa shape index (κ2) is 3.00. The Morgan fingerprint density at radius 2 is 2.06 bits per heavy atom. The van der Waals surface area contributed by atoms with Crippen LogP contribution in [0.1, 0.15) is 40.5 Å². The van der Waals surface area contributed by atoms with Gasteiger partial charge in [-0.2, -0.15) is 0 Å². The Kier molecular flexibility index (Phi) is 1.98. The first-order valence-corrected chi connectivity index (χ1v) is 6.73. The molecular weight excluding hydrogens is 196 g/mol. The second-order valence-electron chi connectivity index (χ2n) is 6.58. The van der Waals surface area contributed by atoms with Gasteiger partial charge in [-0.3, -0.25) is 4.79 Å². The SMILES string of the molecule is CC1=CC(=O)[C@@]23[C@@H]([C@@H](C(C)C)CC[C@@H]2C)[C@H]13. The maximum Gasteiger partial charge on any atom is 0.162 e. The predicted octanol–water partition coefficient (Wildman–Crippen LogP) is 3.45. The lowest BCUT2D eigenvalue weighted by Gasteiger charge is -2.34. The highest BCUT2D eigenvalue weighted by atomic mass is 16.1. The lowest BCUT2D eigenvalue weighted by atomic mass is 9.70. The molecule has 5 atom stereocenters. The van der Waals surface area contributed by atoms with Gasteiger partial charge in [-0.05, 0) is 55.4 Å². The number of carbonyl (C=O) groups is 1. The zero-order valence-corrected chi connectivity index (χ0v) is 10.8. The van der Waals surface area contributed by atoms with Gasteiger partial charge in [0.2, 0.25) is 0 Å². The molecule has 1 heteroatoms. The van der Waals surface area contributed by atoms with Crippen LogP contribution >= 0.6 is 0 Å². The normalized spacial score (nSPS) is 50.1. The molecule has 3 aliphatic rings. The van der Waals surface area contributed by atoms with Crippen molar-refractivity contribution in [3.63, 3.8) is 0 Å². The van der Waals surface area contributed by atoms with Gasteiger partial charge in [0.05, 0.1) is 0 Å². The van der Waals surface area contributed by atoms with Crippen LogP contribution in [-0.2, 0) is 4.79 Å². The quantitative estimate of drug-likeness (QED) is 0.659. The summed E-state index contributed by atoms with van der Waals surface area (Å²) in [6.45, 7) is 9.12. The zero-order chi connectivity index (χ0) is 11.7. The summed E-state index contributed by atoms with van der Waals surface area (Å²) in [4.78, 5) is 12.3. The van der Waals surface area contributed by atoms with Gasteiger partial charge in [0.1, 0.15) is 0 Å². The van der Waals surface area contributed by atoms with Gasteiger partial charge >= 0.3 is 0 Å². The second-order valence-corrected chi connectivity index (χ2v) is 6.58. The number of ketones is 1. The Labute approximate surface area is 98.3 Å². The van der Waals surface area contributed by atoms with Gasteiger partial charge in [0.25, 0.3) is 0 Å². The van der Waals surface area contributed by atoms with E-state index in [4.69, 9.17) is 0 Å². The van der Waals surface area contributed by atoms with Crippen molar-refractivity contribution >= 4 is 5.78 Å². The minimum atomic E-state index is 0.0667. The molecule has 0 radical (unpaired) electrons. The molecule has 2 fully saturated rings. The standard InChI is InChI=1S/C15H22O/c1-8(2)11-6-5-10(4)15-12(16)7-9(3)13(15)14(11)15/h7-8,10-11,13-14H,5-6H2,1-4H3/t10-,11+,13-,14-,15-/m0/s1. The van der Waals surface area contributed by atoms with Crippen LogP contribution in [0, 0.1) is 35.0 Å². The largest absolute Gasteiger partial charge is 0.294 e. The zero-order valence-electron chi connectivity index (χ0n) is 10.8. The van der Waals surface area contributed by atoms with Crippen molar-refractivity contribution in [1.29, 1.82) is 0 Å². The molecule has 88 valence electrons. The summed E-state index contributed by atoms with van der Waals surface area (Å²) in [6, 6.07) is 0. The van der Waals surface area contributed by atoms with Crippen LogP contribution in [0.5, 0.6) is 0 Å². The fourth-order valence-electron chi connectivity index (χ4n) is 4.92. The molecule has 0 unspecified atom stereocenters. The van der Waals surface area contributed by atoms with Gasteiger partial charge in [0, 0.05) is 5.41 Å². The van der Waals surface area contributed by atoms with Crippen molar-refractivity contribution in [2.75, 3.05) is 0 Å². The Morgan fingerprint density at radius 3 is 2.69 bits per heavy atom. The van der Waals surface area contributed by atoms with Crippen molar-refractivity contribution in [2.45, 2.75) is 40.5 Å². The number of allylic oxidation sites excluding steroid dienone is 2. The summed E-state index contributed by atoms with van der Waals surface area (Å²) in [5.41, 5.74) is 1.44. The monoisotopic (exact) mass is 218 g/mol. The van der Waals surface area contributed by atoms with Crippen molar-refractivity contribution in [3.8, 4) is 0 Å². The van der Waals surface area contributed by atoms with Crippen molar-refractivity contribution in [2.24, 2.45) is 35.0 Å². The van der Waals surface area contributed by atoms with Gasteiger partial charge in [-0.1, -0.05) is 26.3 Å². The maximum absolute atomic E-state index is 12.3. The van der Waals surface area contributed by atoms with E-state index in [0.717, 1.165) is 11.8 Å². The Hall–Kier alpha value is -0.590. The molecule has 1 spiro atoms. The van der Waals surface area contributed by atoms with Gasteiger partial charge < -0.3 is 0 Å². The summed E-state index contributed by atoms with van der Waals surface area (Å²) >= 11 is 0. The molecule has 16 heavy (non-hydrogen) atoms. The number of carbonyl (C=O) groups excluding carboxylic acids is 1. The Balaban J connectivity index is 2.00. The topological polar surface area (TPSA) is 17.1 Å². The summed E-state index contributed by atoms with van der Waals surface area (Å²) < 4.78 is 0. The van der Waals surface area contributed by atoms with Gasteiger partial charge in [-0.25, -0.2) is 0 Å². The molecule has 0 N–H and O–H groups in total. The molecule has 2 saturated carbocycles. The Morgan fingerprint density at radius 1 is 1.38 bits per heavy atom. The first-order valence-electron chi connectivity index (χ1n) is 6.73. The first-order chi connectivity index (χ1) is 7.51. The van der Waals surface area contributed by atoms with Crippen LogP contribution in [0.25, 0.3) is 0 Å². The van der Waals surface area contributed by atoms with E-state index >= 15 is 0 Å². The lowest BCUT2D eigenvalue weighted by Crippen LogP contribution is -2.32. The van der Waals surface area contributed by atoms with Crippen LogP contribution in [-0.4, -0.2) is 5.78 Å². The lowest BCUT2D eigenvalue weighted by molar-refractivity contribution is -0.122. The van der Waals surface area contributed by atoms with E-state index in [9.17, 15) is 4.79 Å². The van der Waals surface area contributed by atoms with Crippen LogP contribution in [0.15, 0.2) is 11.6 Å². The molecule has 0 aromatic rings. The summed E-state index contributed by atoms with van der Waals surface area (Å²) in [5, 5.41) is 0. The van der Waals surface area contributed by atoms with E-state index < -0.39 is 0 Å². The third kappa shape index (κ3) is 0.959. The molecule has 0 bridgehead atoms. The molecular formula is C15H22O. The van der Waals surface area contributed by atoms with E-state index in [-0.39, 0.29) is 5.41 Å². The number of hydrogen-bond donors (Lipinski definition) is 0. The van der Waals surface area contributed by atoms with Crippen molar-refractivity contribution in [3.05, 3.63) is 11.6 Å². The van der Waals surface area contributed by atoms with E-state index in [2.05, 4.69) is 27.7 Å². The van der Waals surface area contributed by atoms with Gasteiger partial charge in [-0.15, -0.1) is 0 Å². The highest BCUT2D eigenvalue weighted by Gasteiger charge is 2.76. The number of hydrogen-bond acceptors (Lipinski definition) is 1. The van der Waals surface area contributed by atoms with Crippen molar-refractivity contribution < 1.29 is 4.79 Å². The minimum absolute atomic E-state index is 0.0667. The highest BCUT2D eigenvalue weighted by Crippen LogP contribution is 2.76. The van der Waals surface area contributed by atoms with Crippen LogP contribution in [0.4, 0.5) is 0 Å². The molecule has 0 aliphatic heterocycles. The summed E-state index contributed by atoms with van der Waals surface area (Å²) in [5.74, 6) is 3.89. The molecule has 0 saturated heterocycles. The van der Waals surface area contributed by atoms with Gasteiger partial charge in [0.15, 0.2) is 5.78 Å². The molecule has 0 amide bonds.